The van der Waals surface area contributed by atoms with Gasteiger partial charge in [0.15, 0.2) is 5.82 Å². The van der Waals surface area contributed by atoms with Crippen molar-refractivity contribution < 1.29 is 19.1 Å². The Hall–Kier alpha value is -5.31. The molecule has 0 bridgehead atoms. The number of nitrogens with one attached hydrogen (secondary N) is 2. The molecule has 4 aromatic rings. The predicted octanol–water partition coefficient (Wildman–Crippen LogP) is 4.40. The van der Waals surface area contributed by atoms with Crippen LogP contribution in [0.5, 0.6) is 0 Å². The number of aromatic nitrogens is 2. The van der Waals surface area contributed by atoms with Crippen LogP contribution in [0.25, 0.3) is 0 Å². The van der Waals surface area contributed by atoms with Crippen molar-refractivity contribution in [2.24, 2.45) is 11.7 Å². The van der Waals surface area contributed by atoms with Crippen LogP contribution >= 0.6 is 0 Å². The second-order valence-electron chi connectivity index (χ2n) is 12.9. The van der Waals surface area contributed by atoms with Gasteiger partial charge in [0.2, 0.25) is 11.8 Å². The average molecular weight is 662 g/mol. The topological polar surface area (TPSA) is 155 Å². The van der Waals surface area contributed by atoms with Crippen molar-refractivity contribution in [3.05, 3.63) is 120 Å². The summed E-state index contributed by atoms with van der Waals surface area (Å²) in [6, 6.07) is 29.4. The largest absolute Gasteiger partial charge is 0.374 e. The molecule has 5 rings (SSSR count). The van der Waals surface area contributed by atoms with Crippen molar-refractivity contribution in [2.75, 3.05) is 25.0 Å². The van der Waals surface area contributed by atoms with Crippen LogP contribution < -0.4 is 16.4 Å². The van der Waals surface area contributed by atoms with E-state index in [0.29, 0.717) is 25.9 Å². The quantitative estimate of drug-likeness (QED) is 0.192. The number of amides is 3. The van der Waals surface area contributed by atoms with Crippen LogP contribution in [-0.4, -0.2) is 63.4 Å². The molecule has 0 spiro atoms. The average Bonchev–Trinajstić information content (AvgIpc) is 3.57. The highest BCUT2D eigenvalue weighted by Crippen LogP contribution is 2.33. The molecule has 1 aliphatic heterocycles. The maximum atomic E-state index is 14.2. The molecule has 49 heavy (non-hydrogen) atoms. The fourth-order valence-electron chi connectivity index (χ4n) is 5.97. The number of likely N-dealkylation sites (tertiary alicyclic amines) is 1. The van der Waals surface area contributed by atoms with E-state index in [0.717, 1.165) is 16.7 Å². The maximum Gasteiger partial charge on any atom is 0.250 e. The molecule has 1 aliphatic rings. The summed E-state index contributed by atoms with van der Waals surface area (Å²) in [5.41, 5.74) is 7.47. The molecule has 3 amide bonds. The van der Waals surface area contributed by atoms with E-state index in [1.807, 2.05) is 95.9 Å². The lowest BCUT2D eigenvalue weighted by Crippen LogP contribution is -2.56. The van der Waals surface area contributed by atoms with Gasteiger partial charge in [-0.05, 0) is 49.3 Å². The molecular weight excluding hydrogens is 618 g/mol. The number of nitrogens with zero attached hydrogens (tertiary/aromatic N) is 4. The van der Waals surface area contributed by atoms with Crippen LogP contribution in [0.2, 0.25) is 0 Å². The van der Waals surface area contributed by atoms with Gasteiger partial charge < -0.3 is 30.6 Å². The third-order valence-corrected chi connectivity index (χ3v) is 8.72. The molecule has 1 fully saturated rings. The van der Waals surface area contributed by atoms with E-state index in [2.05, 4.69) is 21.7 Å². The zero-order chi connectivity index (χ0) is 34.8. The van der Waals surface area contributed by atoms with E-state index in [-0.39, 0.29) is 36.8 Å². The normalized spacial score (nSPS) is 15.4. The molecule has 4 N–H and O–H groups in total. The van der Waals surface area contributed by atoms with E-state index in [1.165, 1.54) is 6.33 Å². The smallest absolute Gasteiger partial charge is 0.250 e. The van der Waals surface area contributed by atoms with Gasteiger partial charge in [-0.1, -0.05) is 91.0 Å². The number of hydrogen-bond acceptors (Lipinski definition) is 7. The summed E-state index contributed by atoms with van der Waals surface area (Å²) in [5, 5.41) is 15.4. The molecule has 1 aromatic heterocycles. The predicted molar refractivity (Wildman–Crippen MR) is 186 cm³/mol. The number of carbonyl (C=O) groups excluding carboxylic acids is 3. The van der Waals surface area contributed by atoms with E-state index >= 15 is 0 Å². The number of benzene rings is 3. The minimum atomic E-state index is -1.21. The Balaban J connectivity index is 1.28. The van der Waals surface area contributed by atoms with Crippen LogP contribution in [0.3, 0.4) is 0 Å². The second-order valence-corrected chi connectivity index (χ2v) is 12.9. The van der Waals surface area contributed by atoms with E-state index in [1.54, 1.807) is 24.6 Å². The Morgan fingerprint density at radius 2 is 1.55 bits per heavy atom. The molecule has 0 radical (unpaired) electrons. The first-order valence-electron chi connectivity index (χ1n) is 16.5. The number of hydrogen-bond donors (Lipinski definition) is 3. The van der Waals surface area contributed by atoms with Crippen molar-refractivity contribution >= 4 is 23.5 Å². The fourth-order valence-corrected chi connectivity index (χ4v) is 5.97. The van der Waals surface area contributed by atoms with Gasteiger partial charge >= 0.3 is 0 Å². The molecular formula is C38H43N7O4. The lowest BCUT2D eigenvalue weighted by Gasteiger charge is -2.36. The summed E-state index contributed by atoms with van der Waals surface area (Å²) < 4.78 is 7.48. The van der Waals surface area contributed by atoms with Gasteiger partial charge in [0.05, 0.1) is 37.1 Å². The van der Waals surface area contributed by atoms with Gasteiger partial charge in [-0.3, -0.25) is 14.4 Å². The number of rotatable bonds is 13. The van der Waals surface area contributed by atoms with Gasteiger partial charge in [0.1, 0.15) is 12.1 Å². The van der Waals surface area contributed by atoms with Crippen molar-refractivity contribution in [3.63, 3.8) is 0 Å². The lowest BCUT2D eigenvalue weighted by atomic mass is 9.81. The minimum absolute atomic E-state index is 0.0960. The molecule has 3 atom stereocenters. The number of anilines is 1. The second kappa shape index (κ2) is 16.2. The number of imidazole rings is 1. The molecule has 0 aliphatic carbocycles. The number of carbonyl (C=O) groups is 3. The molecule has 0 saturated carbocycles. The van der Waals surface area contributed by atoms with Gasteiger partial charge in [0.25, 0.3) is 5.91 Å². The highest BCUT2D eigenvalue weighted by Gasteiger charge is 2.34. The first-order chi connectivity index (χ1) is 23.6. The van der Waals surface area contributed by atoms with E-state index < -0.39 is 29.4 Å². The first-order valence-corrected chi connectivity index (χ1v) is 16.5. The third-order valence-electron chi connectivity index (χ3n) is 8.72. The molecule has 11 nitrogen and oxygen atoms in total. The Kier molecular flexibility index (Phi) is 11.6. The summed E-state index contributed by atoms with van der Waals surface area (Å²) >= 11 is 0. The SMILES string of the molecule is CC(C)(N)C(=O)NC(COCc1ccccc1)C(=O)Nc1cn(C(C(=O)N2CCC(C(C#N)c3ccccc3)CC2)c2ccccc2)cn1. The summed E-state index contributed by atoms with van der Waals surface area (Å²) in [4.78, 5) is 46.6. The molecule has 2 heterocycles. The number of piperidine rings is 1. The molecule has 3 aromatic carbocycles. The van der Waals surface area contributed by atoms with Crippen LogP contribution in [0, 0.1) is 17.2 Å². The van der Waals surface area contributed by atoms with Gasteiger partial charge in [-0.25, -0.2) is 4.98 Å². The van der Waals surface area contributed by atoms with E-state index in [9.17, 15) is 19.6 Å². The summed E-state index contributed by atoms with van der Waals surface area (Å²) in [6.45, 7) is 4.32. The monoisotopic (exact) mass is 661 g/mol. The highest BCUT2D eigenvalue weighted by atomic mass is 16.5. The van der Waals surface area contributed by atoms with Crippen LogP contribution in [0.4, 0.5) is 5.82 Å². The number of nitriles is 1. The molecule has 1 saturated heterocycles. The highest BCUT2D eigenvalue weighted by molar-refractivity contribution is 5.98. The van der Waals surface area contributed by atoms with Gasteiger partial charge in [0, 0.05) is 19.3 Å². The van der Waals surface area contributed by atoms with Crippen molar-refractivity contribution in [2.45, 2.75) is 56.8 Å². The molecule has 11 heteroatoms. The van der Waals surface area contributed by atoms with Crippen LogP contribution in [0.15, 0.2) is 104 Å². The summed E-state index contributed by atoms with van der Waals surface area (Å²) in [6.07, 6.45) is 4.55. The van der Waals surface area contributed by atoms with Crippen molar-refractivity contribution in [1.82, 2.24) is 19.8 Å². The molecule has 254 valence electrons. The minimum Gasteiger partial charge on any atom is -0.374 e. The Bertz CT molecular complexity index is 1720. The van der Waals surface area contributed by atoms with Gasteiger partial charge in [-0.15, -0.1) is 0 Å². The number of ether oxygens (including phenoxy) is 1. The van der Waals surface area contributed by atoms with Crippen molar-refractivity contribution in [1.29, 1.82) is 5.26 Å². The first kappa shape index (κ1) is 35.0. The zero-order valence-corrected chi connectivity index (χ0v) is 27.9. The molecule has 3 unspecified atom stereocenters. The number of nitrogens with two attached hydrogens (primary N) is 1. The van der Waals surface area contributed by atoms with E-state index in [4.69, 9.17) is 10.5 Å². The Morgan fingerprint density at radius 3 is 2.14 bits per heavy atom. The lowest BCUT2D eigenvalue weighted by molar-refractivity contribution is -0.135. The fraction of sp³-hybridized carbons (Fsp3) is 0.342. The Morgan fingerprint density at radius 1 is 0.959 bits per heavy atom. The standard InChI is InChI=1S/C38H43N7O4/c1-38(2,40)37(48)42-32(25-49-24-27-12-6-3-7-13-27)35(46)43-33-23-45(26-41-33)34(30-16-10-5-11-17-30)36(47)44-20-18-29(19-21-44)31(22-39)28-14-8-4-9-15-28/h3-17,23,26,29,31-32,34H,18-21,24-25,40H2,1-2H3,(H,42,48)(H,43,46). The van der Waals surface area contributed by atoms with Crippen LogP contribution in [-0.2, 0) is 25.7 Å². The van der Waals surface area contributed by atoms with Gasteiger partial charge in [-0.2, -0.15) is 5.26 Å². The van der Waals surface area contributed by atoms with Crippen molar-refractivity contribution in [3.8, 4) is 6.07 Å². The zero-order valence-electron chi connectivity index (χ0n) is 27.9. The third kappa shape index (κ3) is 9.19. The summed E-state index contributed by atoms with van der Waals surface area (Å²) in [7, 11) is 0. The summed E-state index contributed by atoms with van der Waals surface area (Å²) in [5.74, 6) is -1.01. The van der Waals surface area contributed by atoms with Crippen LogP contribution in [0.1, 0.15) is 55.3 Å². The maximum absolute atomic E-state index is 14.2. The Labute approximate surface area is 287 Å².